The molecule has 2 nitrogen and oxygen atoms in total. The summed E-state index contributed by atoms with van der Waals surface area (Å²) in [6, 6.07) is 0. The maximum absolute atomic E-state index is 7.88. The van der Waals surface area contributed by atoms with E-state index < -0.39 is 0 Å². The Morgan fingerprint density at radius 1 is 1.30 bits per heavy atom. The van der Waals surface area contributed by atoms with Gasteiger partial charge in [0, 0.05) is 0 Å². The Balaban J connectivity index is 2.83. The third-order valence-corrected chi connectivity index (χ3v) is 1.38. The molecule has 0 N–H and O–H groups in total. The highest BCUT2D eigenvalue weighted by atomic mass is 16.6. The van der Waals surface area contributed by atoms with Gasteiger partial charge in [0.15, 0.2) is 0 Å². The van der Waals surface area contributed by atoms with Crippen LogP contribution in [0.25, 0.3) is 0 Å². The maximum Gasteiger partial charge on any atom is 0.111 e. The minimum atomic E-state index is 1.00. The zero-order valence-electron chi connectivity index (χ0n) is 6.55. The summed E-state index contributed by atoms with van der Waals surface area (Å²) in [5.41, 5.74) is 0. The average molecular weight is 141 g/mol. The maximum atomic E-state index is 7.88. The second-order valence-electron chi connectivity index (χ2n) is 2.33. The van der Waals surface area contributed by atoms with E-state index in [1.54, 1.807) is 0 Å². The Hall–Kier alpha value is -0.500. The van der Waals surface area contributed by atoms with Gasteiger partial charge in [-0.05, 0) is 18.9 Å². The van der Waals surface area contributed by atoms with Crippen LogP contribution in [0.5, 0.6) is 0 Å². The van der Waals surface area contributed by atoms with E-state index in [0.29, 0.717) is 0 Å². The molecule has 0 aromatic heterocycles. The lowest BCUT2D eigenvalue weighted by molar-refractivity contribution is 0.235. The van der Waals surface area contributed by atoms with Crippen LogP contribution in [0, 0.1) is 0 Å². The van der Waals surface area contributed by atoms with Crippen molar-refractivity contribution in [3.05, 3.63) is 12.3 Å². The van der Waals surface area contributed by atoms with Gasteiger partial charge >= 0.3 is 0 Å². The first kappa shape index (κ1) is 9.50. The monoisotopic (exact) mass is 141 g/mol. The van der Waals surface area contributed by atoms with Crippen LogP contribution in [0.4, 0.5) is 0 Å². The molecule has 0 aliphatic rings. The second-order valence-corrected chi connectivity index (χ2v) is 2.33. The summed E-state index contributed by atoms with van der Waals surface area (Å²) < 4.78 is 0. The highest BCUT2D eigenvalue weighted by molar-refractivity contribution is 4.71. The van der Waals surface area contributed by atoms with E-state index in [2.05, 4.69) is 11.8 Å². The largest absolute Gasteiger partial charge is 0.376 e. The molecule has 0 unspecified atom stereocenters. The first-order valence-electron chi connectivity index (χ1n) is 3.87. The van der Waals surface area contributed by atoms with Gasteiger partial charge in [-0.3, -0.25) is 0 Å². The van der Waals surface area contributed by atoms with Crippen LogP contribution in [-0.2, 0) is 4.84 Å². The van der Waals surface area contributed by atoms with Crippen molar-refractivity contribution in [3.63, 3.8) is 0 Å². The van der Waals surface area contributed by atoms with Crippen LogP contribution >= 0.6 is 0 Å². The zero-order valence-corrected chi connectivity index (χ0v) is 6.55. The molecule has 0 aromatic rings. The molecule has 0 saturated carbocycles. The molecule has 0 atom stereocenters. The normalized spacial score (nSPS) is 10.6. The minimum Gasteiger partial charge on any atom is -0.376 e. The summed E-state index contributed by atoms with van der Waals surface area (Å²) in [5.74, 6) is 7.88. The topological polar surface area (TPSA) is 31.5 Å². The molecule has 10 heavy (non-hydrogen) atoms. The summed E-state index contributed by atoms with van der Waals surface area (Å²) in [4.78, 5) is 3.77. The molecule has 0 heterocycles. The van der Waals surface area contributed by atoms with Gasteiger partial charge in [-0.2, -0.15) is 0 Å². The summed E-state index contributed by atoms with van der Waals surface area (Å²) in [6.07, 6.45) is 9.16. The number of hydrogen-bond acceptors (Lipinski definition) is 1. The average Bonchev–Trinajstić information content (AvgIpc) is 1.97. The zero-order chi connectivity index (χ0) is 7.66. The van der Waals surface area contributed by atoms with Crippen molar-refractivity contribution >= 4 is 0 Å². The molecule has 0 aliphatic heterocycles. The van der Waals surface area contributed by atoms with Gasteiger partial charge in [-0.15, -0.1) is 0 Å². The molecule has 0 spiro atoms. The highest BCUT2D eigenvalue weighted by Gasteiger charge is 1.83. The van der Waals surface area contributed by atoms with E-state index in [1.165, 1.54) is 31.9 Å². The standard InChI is InChI=1S/C8H15NO/c1-2-3-4-5-6-7-8-10-9/h7-8H,2-6H2,1H3. The summed E-state index contributed by atoms with van der Waals surface area (Å²) in [6.45, 7) is 2.19. The minimum absolute atomic E-state index is 1.00. The Kier molecular flexibility index (Phi) is 8.07. The van der Waals surface area contributed by atoms with Gasteiger partial charge in [-0.1, -0.05) is 26.2 Å². The molecule has 0 aromatic carbocycles. The summed E-state index contributed by atoms with van der Waals surface area (Å²) in [7, 11) is 0. The highest BCUT2D eigenvalue weighted by Crippen LogP contribution is 2.02. The SMILES string of the molecule is CCCCCCC=CO[N]. The Morgan fingerprint density at radius 3 is 2.70 bits per heavy atom. The first-order chi connectivity index (χ1) is 4.91. The van der Waals surface area contributed by atoms with Gasteiger partial charge in [0.1, 0.15) is 12.2 Å². The van der Waals surface area contributed by atoms with Gasteiger partial charge in [0.05, 0.1) is 0 Å². The molecule has 0 fully saturated rings. The fraction of sp³-hybridized carbons (Fsp3) is 0.750. The molecule has 0 amide bonds. The number of allylic oxidation sites excluding steroid dienone is 1. The van der Waals surface area contributed by atoms with Crippen LogP contribution in [-0.4, -0.2) is 0 Å². The lowest BCUT2D eigenvalue weighted by Gasteiger charge is -1.92. The molecule has 0 aliphatic carbocycles. The quantitative estimate of drug-likeness (QED) is 0.317. The van der Waals surface area contributed by atoms with Crippen molar-refractivity contribution in [1.29, 1.82) is 0 Å². The van der Waals surface area contributed by atoms with E-state index in [4.69, 9.17) is 5.90 Å². The van der Waals surface area contributed by atoms with Crippen LogP contribution in [0.2, 0.25) is 0 Å². The van der Waals surface area contributed by atoms with Crippen molar-refractivity contribution in [3.8, 4) is 0 Å². The predicted octanol–water partition coefficient (Wildman–Crippen LogP) is 2.47. The molecule has 2 radical (unpaired) electrons. The smallest absolute Gasteiger partial charge is 0.111 e. The van der Waals surface area contributed by atoms with E-state index in [1.807, 2.05) is 6.08 Å². The van der Waals surface area contributed by atoms with E-state index in [9.17, 15) is 0 Å². The number of nitrogens with zero attached hydrogens (tertiary/aromatic N) is 1. The van der Waals surface area contributed by atoms with Crippen molar-refractivity contribution < 1.29 is 4.84 Å². The molecule has 2 heteroatoms. The lowest BCUT2D eigenvalue weighted by atomic mass is 10.2. The Bertz CT molecular complexity index is 81.3. The van der Waals surface area contributed by atoms with Crippen LogP contribution < -0.4 is 5.90 Å². The lowest BCUT2D eigenvalue weighted by Crippen LogP contribution is -1.75. The van der Waals surface area contributed by atoms with E-state index >= 15 is 0 Å². The van der Waals surface area contributed by atoms with E-state index in [0.717, 1.165) is 6.42 Å². The summed E-state index contributed by atoms with van der Waals surface area (Å²) in [5, 5.41) is 0. The summed E-state index contributed by atoms with van der Waals surface area (Å²) >= 11 is 0. The van der Waals surface area contributed by atoms with Crippen LogP contribution in [0.3, 0.4) is 0 Å². The predicted molar refractivity (Wildman–Crippen MR) is 41.1 cm³/mol. The van der Waals surface area contributed by atoms with Gasteiger partial charge in [0.25, 0.3) is 0 Å². The van der Waals surface area contributed by atoms with Crippen molar-refractivity contribution in [2.75, 3.05) is 0 Å². The molecule has 0 rings (SSSR count). The number of rotatable bonds is 6. The van der Waals surface area contributed by atoms with Crippen molar-refractivity contribution in [1.82, 2.24) is 5.90 Å². The third-order valence-electron chi connectivity index (χ3n) is 1.38. The van der Waals surface area contributed by atoms with Gasteiger partial charge in [0.2, 0.25) is 0 Å². The van der Waals surface area contributed by atoms with Crippen LogP contribution in [0.1, 0.15) is 39.0 Å². The Morgan fingerprint density at radius 2 is 2.10 bits per heavy atom. The second kappa shape index (κ2) is 8.50. The Labute approximate surface area is 63.0 Å². The molecule has 58 valence electrons. The van der Waals surface area contributed by atoms with Crippen LogP contribution in [0.15, 0.2) is 12.3 Å². The van der Waals surface area contributed by atoms with Gasteiger partial charge < -0.3 is 4.84 Å². The third kappa shape index (κ3) is 7.50. The van der Waals surface area contributed by atoms with Gasteiger partial charge in [-0.25, -0.2) is 0 Å². The molecule has 0 saturated heterocycles. The first-order valence-corrected chi connectivity index (χ1v) is 3.87. The van der Waals surface area contributed by atoms with Crippen molar-refractivity contribution in [2.45, 2.75) is 39.0 Å². The fourth-order valence-corrected chi connectivity index (χ4v) is 0.800. The number of hydrogen-bond donors (Lipinski definition) is 0. The van der Waals surface area contributed by atoms with Crippen molar-refractivity contribution in [2.24, 2.45) is 0 Å². The fourth-order valence-electron chi connectivity index (χ4n) is 0.800. The molecular formula is C8H15NO. The van der Waals surface area contributed by atoms with E-state index in [-0.39, 0.29) is 0 Å². The molecule has 0 bridgehead atoms. The molecular weight excluding hydrogens is 126 g/mol. The number of unbranched alkanes of at least 4 members (excludes halogenated alkanes) is 4.